The molecule has 19 heavy (non-hydrogen) atoms. The first-order chi connectivity index (χ1) is 9.26. The second-order valence-corrected chi connectivity index (χ2v) is 6.97. The highest BCUT2D eigenvalue weighted by molar-refractivity contribution is 7.99. The van der Waals surface area contributed by atoms with E-state index in [1.165, 1.54) is 37.9 Å². The zero-order valence-electron chi connectivity index (χ0n) is 12.3. The lowest BCUT2D eigenvalue weighted by atomic mass is 9.94. The van der Waals surface area contributed by atoms with E-state index in [2.05, 4.69) is 12.2 Å². The van der Waals surface area contributed by atoms with E-state index in [0.29, 0.717) is 17.6 Å². The van der Waals surface area contributed by atoms with E-state index < -0.39 is 0 Å². The van der Waals surface area contributed by atoms with Crippen LogP contribution in [0.3, 0.4) is 0 Å². The molecular weight excluding hydrogens is 256 g/mol. The van der Waals surface area contributed by atoms with Crippen LogP contribution in [0.25, 0.3) is 0 Å². The molecule has 0 saturated carbocycles. The lowest BCUT2D eigenvalue weighted by molar-refractivity contribution is -0.121. The Morgan fingerprint density at radius 3 is 2.84 bits per heavy atom. The topological polar surface area (TPSA) is 55.1 Å². The Morgan fingerprint density at radius 1 is 1.37 bits per heavy atom. The standard InChI is InChI=1S/C15H30N2OS/c1-2-5-13(9-10-16)7-8-15(18)17-12-14-6-3-4-11-19-14/h13-14H,2-12,16H2,1H3,(H,17,18). The van der Waals surface area contributed by atoms with Crippen LogP contribution in [-0.2, 0) is 4.79 Å². The number of nitrogens with one attached hydrogen (secondary N) is 1. The summed E-state index contributed by atoms with van der Waals surface area (Å²) in [5.41, 5.74) is 5.62. The number of hydrogen-bond acceptors (Lipinski definition) is 3. The van der Waals surface area contributed by atoms with Crippen molar-refractivity contribution in [2.75, 3.05) is 18.8 Å². The molecule has 0 bridgehead atoms. The second kappa shape index (κ2) is 10.6. The van der Waals surface area contributed by atoms with Gasteiger partial charge in [0.2, 0.25) is 5.91 Å². The van der Waals surface area contributed by atoms with Gasteiger partial charge in [-0.1, -0.05) is 26.2 Å². The van der Waals surface area contributed by atoms with Crippen LogP contribution in [0.1, 0.15) is 58.3 Å². The average Bonchev–Trinajstić information content (AvgIpc) is 2.44. The van der Waals surface area contributed by atoms with Crippen LogP contribution in [0.15, 0.2) is 0 Å². The van der Waals surface area contributed by atoms with E-state index in [-0.39, 0.29) is 5.91 Å². The van der Waals surface area contributed by atoms with E-state index in [1.807, 2.05) is 11.8 Å². The van der Waals surface area contributed by atoms with Crippen LogP contribution in [0, 0.1) is 5.92 Å². The lowest BCUT2D eigenvalue weighted by Gasteiger charge is -2.21. The summed E-state index contributed by atoms with van der Waals surface area (Å²) >= 11 is 2.01. The van der Waals surface area contributed by atoms with Gasteiger partial charge in [0.15, 0.2) is 0 Å². The fourth-order valence-electron chi connectivity index (χ4n) is 2.70. The van der Waals surface area contributed by atoms with Crippen molar-refractivity contribution in [3.8, 4) is 0 Å². The minimum absolute atomic E-state index is 0.226. The largest absolute Gasteiger partial charge is 0.355 e. The molecule has 1 aliphatic heterocycles. The van der Waals surface area contributed by atoms with Gasteiger partial charge in [-0.05, 0) is 43.9 Å². The molecule has 3 N–H and O–H groups in total. The van der Waals surface area contributed by atoms with Crippen molar-refractivity contribution in [1.29, 1.82) is 0 Å². The predicted octanol–water partition coefficient (Wildman–Crippen LogP) is 2.93. The highest BCUT2D eigenvalue weighted by Crippen LogP contribution is 2.24. The zero-order valence-corrected chi connectivity index (χ0v) is 13.1. The number of carbonyl (C=O) groups excluding carboxylic acids is 1. The maximum Gasteiger partial charge on any atom is 0.220 e. The minimum atomic E-state index is 0.226. The van der Waals surface area contributed by atoms with Crippen molar-refractivity contribution in [1.82, 2.24) is 5.32 Å². The van der Waals surface area contributed by atoms with Gasteiger partial charge < -0.3 is 11.1 Å². The first kappa shape index (κ1) is 16.8. The Bertz CT molecular complexity index is 236. The third-order valence-electron chi connectivity index (χ3n) is 3.85. The highest BCUT2D eigenvalue weighted by Gasteiger charge is 2.15. The van der Waals surface area contributed by atoms with E-state index in [1.54, 1.807) is 0 Å². The van der Waals surface area contributed by atoms with Crippen molar-refractivity contribution in [2.24, 2.45) is 11.7 Å². The van der Waals surface area contributed by atoms with E-state index in [0.717, 1.165) is 25.9 Å². The Kier molecular flexibility index (Phi) is 9.35. The summed E-state index contributed by atoms with van der Waals surface area (Å²) in [6, 6.07) is 0. The van der Waals surface area contributed by atoms with Crippen molar-refractivity contribution >= 4 is 17.7 Å². The summed E-state index contributed by atoms with van der Waals surface area (Å²) in [5, 5.41) is 3.75. The van der Waals surface area contributed by atoms with Gasteiger partial charge in [-0.2, -0.15) is 11.8 Å². The molecule has 0 aromatic rings. The first-order valence-electron chi connectivity index (χ1n) is 7.84. The molecule has 0 aromatic heterocycles. The molecule has 1 amide bonds. The molecule has 2 unspecified atom stereocenters. The molecule has 1 saturated heterocycles. The molecule has 3 nitrogen and oxygen atoms in total. The maximum atomic E-state index is 11.8. The molecule has 0 aromatic carbocycles. The van der Waals surface area contributed by atoms with Gasteiger partial charge in [0.25, 0.3) is 0 Å². The number of nitrogens with two attached hydrogens (primary N) is 1. The van der Waals surface area contributed by atoms with Gasteiger partial charge in [0.1, 0.15) is 0 Å². The second-order valence-electron chi connectivity index (χ2n) is 5.56. The third-order valence-corrected chi connectivity index (χ3v) is 5.25. The molecule has 1 aliphatic rings. The number of rotatable bonds is 9. The predicted molar refractivity (Wildman–Crippen MR) is 84.4 cm³/mol. The maximum absolute atomic E-state index is 11.8. The van der Waals surface area contributed by atoms with Gasteiger partial charge in [-0.15, -0.1) is 0 Å². The van der Waals surface area contributed by atoms with E-state index in [4.69, 9.17) is 5.73 Å². The lowest BCUT2D eigenvalue weighted by Crippen LogP contribution is -2.32. The van der Waals surface area contributed by atoms with Crippen molar-refractivity contribution in [3.05, 3.63) is 0 Å². The van der Waals surface area contributed by atoms with Crippen LogP contribution in [0.5, 0.6) is 0 Å². The molecule has 0 aliphatic carbocycles. The summed E-state index contributed by atoms with van der Waals surface area (Å²) in [6.07, 6.45) is 9.02. The fraction of sp³-hybridized carbons (Fsp3) is 0.933. The summed E-state index contributed by atoms with van der Waals surface area (Å²) in [4.78, 5) is 11.8. The molecule has 1 heterocycles. The molecule has 112 valence electrons. The van der Waals surface area contributed by atoms with Gasteiger partial charge in [-0.25, -0.2) is 0 Å². The highest BCUT2D eigenvalue weighted by atomic mass is 32.2. The molecule has 0 spiro atoms. The molecule has 2 atom stereocenters. The van der Waals surface area contributed by atoms with Crippen LogP contribution >= 0.6 is 11.8 Å². The summed E-state index contributed by atoms with van der Waals surface area (Å²) < 4.78 is 0. The average molecular weight is 286 g/mol. The van der Waals surface area contributed by atoms with Gasteiger partial charge in [0.05, 0.1) is 0 Å². The third kappa shape index (κ3) is 7.83. The quantitative estimate of drug-likeness (QED) is 0.685. The molecular formula is C15H30N2OS. The minimum Gasteiger partial charge on any atom is -0.355 e. The number of amides is 1. The zero-order chi connectivity index (χ0) is 13.9. The van der Waals surface area contributed by atoms with Crippen molar-refractivity contribution in [3.63, 3.8) is 0 Å². The summed E-state index contributed by atoms with van der Waals surface area (Å²) in [5.74, 6) is 2.12. The Hall–Kier alpha value is -0.220. The summed E-state index contributed by atoms with van der Waals surface area (Å²) in [7, 11) is 0. The van der Waals surface area contributed by atoms with E-state index in [9.17, 15) is 4.79 Å². The molecule has 1 fully saturated rings. The Balaban J connectivity index is 2.11. The summed E-state index contributed by atoms with van der Waals surface area (Å²) in [6.45, 7) is 3.80. The van der Waals surface area contributed by atoms with Gasteiger partial charge in [0, 0.05) is 18.2 Å². The monoisotopic (exact) mass is 286 g/mol. The Labute approximate surface area is 122 Å². The number of carbonyl (C=O) groups is 1. The smallest absolute Gasteiger partial charge is 0.220 e. The number of thioether (sulfide) groups is 1. The van der Waals surface area contributed by atoms with Crippen LogP contribution < -0.4 is 11.1 Å². The van der Waals surface area contributed by atoms with Crippen LogP contribution in [-0.4, -0.2) is 30.0 Å². The fourth-order valence-corrected chi connectivity index (χ4v) is 3.94. The molecule has 0 radical (unpaired) electrons. The number of hydrogen-bond donors (Lipinski definition) is 2. The van der Waals surface area contributed by atoms with E-state index >= 15 is 0 Å². The molecule has 1 rings (SSSR count). The molecule has 4 heteroatoms. The van der Waals surface area contributed by atoms with Gasteiger partial charge >= 0.3 is 0 Å². The van der Waals surface area contributed by atoms with Crippen LogP contribution in [0.4, 0.5) is 0 Å². The normalized spacial score (nSPS) is 21.1. The SMILES string of the molecule is CCCC(CCN)CCC(=O)NCC1CCCCS1. The van der Waals surface area contributed by atoms with Crippen molar-refractivity contribution in [2.45, 2.75) is 63.5 Å². The first-order valence-corrected chi connectivity index (χ1v) is 8.89. The Morgan fingerprint density at radius 2 is 2.21 bits per heavy atom. The van der Waals surface area contributed by atoms with Gasteiger partial charge in [-0.3, -0.25) is 4.79 Å². The van der Waals surface area contributed by atoms with Crippen LogP contribution in [0.2, 0.25) is 0 Å². The van der Waals surface area contributed by atoms with Crippen molar-refractivity contribution < 1.29 is 4.79 Å².